The molecule has 1 amide bonds. The van der Waals surface area contributed by atoms with E-state index >= 15 is 0 Å². The first-order valence-electron chi connectivity index (χ1n) is 9.36. The number of aromatic nitrogens is 1. The predicted octanol–water partition coefficient (Wildman–Crippen LogP) is 3.53. The maximum Gasteiger partial charge on any atom is 0.258 e. The van der Waals surface area contributed by atoms with Crippen molar-refractivity contribution in [2.45, 2.75) is 12.5 Å². The Hall–Kier alpha value is -2.42. The maximum absolute atomic E-state index is 14.2. The van der Waals surface area contributed by atoms with Gasteiger partial charge in [-0.25, -0.2) is 9.37 Å². The van der Waals surface area contributed by atoms with Gasteiger partial charge in [0.15, 0.2) is 5.13 Å². The molecule has 0 bridgehead atoms. The van der Waals surface area contributed by atoms with Gasteiger partial charge in [0.1, 0.15) is 11.6 Å². The number of amides is 1. The Balaban J connectivity index is 1.64. The second-order valence-electron chi connectivity index (χ2n) is 7.15. The Morgan fingerprint density at radius 2 is 2.17 bits per heavy atom. The van der Waals surface area contributed by atoms with Crippen LogP contribution in [0, 0.1) is 5.82 Å². The third-order valence-electron chi connectivity index (χ3n) is 5.42. The van der Waals surface area contributed by atoms with Gasteiger partial charge in [-0.15, -0.1) is 0 Å². The average Bonchev–Trinajstić information content (AvgIpc) is 3.11. The molecular weight excluding hydrogens is 415 g/mol. The molecule has 6 nitrogen and oxygen atoms in total. The second kappa shape index (κ2) is 7.12. The molecule has 0 saturated carbocycles. The summed E-state index contributed by atoms with van der Waals surface area (Å²) in [5.74, 6) is 0.0189. The summed E-state index contributed by atoms with van der Waals surface area (Å²) in [5.41, 5.74) is 7.98. The summed E-state index contributed by atoms with van der Waals surface area (Å²) in [7, 11) is 0. The number of thiazole rings is 1. The zero-order valence-corrected chi connectivity index (χ0v) is 16.9. The lowest BCUT2D eigenvalue weighted by atomic mass is 9.99. The van der Waals surface area contributed by atoms with E-state index in [0.29, 0.717) is 50.8 Å². The van der Waals surface area contributed by atoms with Gasteiger partial charge in [0, 0.05) is 48.2 Å². The SMILES string of the molecule is Nc1nc2c(-c3cc4c(cc3Cl)C(=O)N3CCNCC3CCO4)ccc(F)c2s1. The summed E-state index contributed by atoms with van der Waals surface area (Å²) in [6, 6.07) is 6.50. The van der Waals surface area contributed by atoms with Crippen LogP contribution >= 0.6 is 22.9 Å². The van der Waals surface area contributed by atoms with Crippen LogP contribution in [0.4, 0.5) is 9.52 Å². The van der Waals surface area contributed by atoms with E-state index in [1.165, 1.54) is 6.07 Å². The van der Waals surface area contributed by atoms with E-state index in [-0.39, 0.29) is 22.9 Å². The fraction of sp³-hybridized carbons (Fsp3) is 0.300. The molecule has 0 spiro atoms. The summed E-state index contributed by atoms with van der Waals surface area (Å²) in [6.07, 6.45) is 0.750. The van der Waals surface area contributed by atoms with Crippen molar-refractivity contribution in [2.24, 2.45) is 0 Å². The van der Waals surface area contributed by atoms with E-state index in [4.69, 9.17) is 22.1 Å². The van der Waals surface area contributed by atoms with E-state index in [1.54, 1.807) is 18.2 Å². The lowest BCUT2D eigenvalue weighted by molar-refractivity contribution is 0.0576. The Bertz CT molecular complexity index is 1140. The highest BCUT2D eigenvalue weighted by Crippen LogP contribution is 2.41. The third kappa shape index (κ3) is 3.11. The molecular formula is C20H18ClFN4O2S. The quantitative estimate of drug-likeness (QED) is 0.614. The van der Waals surface area contributed by atoms with E-state index in [0.717, 1.165) is 30.8 Å². The summed E-state index contributed by atoms with van der Waals surface area (Å²) in [4.78, 5) is 19.3. The number of hydrogen-bond acceptors (Lipinski definition) is 6. The topological polar surface area (TPSA) is 80.5 Å². The highest BCUT2D eigenvalue weighted by molar-refractivity contribution is 7.22. The number of hydrogen-bond donors (Lipinski definition) is 2. The Morgan fingerprint density at radius 3 is 3.03 bits per heavy atom. The summed E-state index contributed by atoms with van der Waals surface area (Å²) < 4.78 is 20.5. The minimum absolute atomic E-state index is 0.0817. The van der Waals surface area contributed by atoms with Crippen LogP contribution in [0.25, 0.3) is 21.3 Å². The molecule has 1 aromatic heterocycles. The van der Waals surface area contributed by atoms with Crippen molar-refractivity contribution >= 4 is 44.2 Å². The number of nitrogens with zero attached hydrogens (tertiary/aromatic N) is 2. The van der Waals surface area contributed by atoms with Crippen molar-refractivity contribution in [3.05, 3.63) is 40.7 Å². The Labute approximate surface area is 175 Å². The van der Waals surface area contributed by atoms with Gasteiger partial charge in [-0.3, -0.25) is 4.79 Å². The van der Waals surface area contributed by atoms with Gasteiger partial charge in [0.25, 0.3) is 5.91 Å². The van der Waals surface area contributed by atoms with Gasteiger partial charge < -0.3 is 20.7 Å². The fourth-order valence-electron chi connectivity index (χ4n) is 4.00. The van der Waals surface area contributed by atoms with Gasteiger partial charge in [0.05, 0.1) is 22.4 Å². The first-order valence-corrected chi connectivity index (χ1v) is 10.6. The van der Waals surface area contributed by atoms with Gasteiger partial charge in [-0.1, -0.05) is 22.9 Å². The number of ether oxygens (including phenoxy) is 1. The van der Waals surface area contributed by atoms with Gasteiger partial charge in [0.2, 0.25) is 0 Å². The number of rotatable bonds is 1. The number of halogens is 2. The molecule has 0 aliphatic carbocycles. The number of nitrogens with two attached hydrogens (primary N) is 1. The van der Waals surface area contributed by atoms with E-state index in [1.807, 2.05) is 4.90 Å². The maximum atomic E-state index is 14.2. The highest BCUT2D eigenvalue weighted by Gasteiger charge is 2.32. The van der Waals surface area contributed by atoms with Crippen molar-refractivity contribution < 1.29 is 13.9 Å². The molecule has 0 radical (unpaired) electrons. The molecule has 29 heavy (non-hydrogen) atoms. The molecule has 3 aromatic rings. The number of carbonyl (C=O) groups is 1. The molecule has 1 unspecified atom stereocenters. The second-order valence-corrected chi connectivity index (χ2v) is 8.58. The molecule has 2 aliphatic rings. The highest BCUT2D eigenvalue weighted by atomic mass is 35.5. The average molecular weight is 433 g/mol. The molecule has 2 aromatic carbocycles. The minimum atomic E-state index is -0.378. The number of nitrogen functional groups attached to an aromatic ring is 1. The van der Waals surface area contributed by atoms with Crippen molar-refractivity contribution in [3.8, 4) is 16.9 Å². The zero-order valence-electron chi connectivity index (χ0n) is 15.4. The first-order chi connectivity index (χ1) is 14.0. The van der Waals surface area contributed by atoms with E-state index < -0.39 is 0 Å². The summed E-state index contributed by atoms with van der Waals surface area (Å²) >= 11 is 7.68. The molecule has 3 heterocycles. The monoisotopic (exact) mass is 432 g/mol. The van der Waals surface area contributed by atoms with Crippen LogP contribution in [0.3, 0.4) is 0 Å². The fourth-order valence-corrected chi connectivity index (χ4v) is 5.03. The van der Waals surface area contributed by atoms with Gasteiger partial charge in [-0.05, 0) is 24.3 Å². The third-order valence-corrected chi connectivity index (χ3v) is 6.63. The molecule has 5 rings (SSSR count). The van der Waals surface area contributed by atoms with Crippen LogP contribution in [0.1, 0.15) is 16.8 Å². The lowest BCUT2D eigenvalue weighted by Crippen LogP contribution is -2.54. The van der Waals surface area contributed by atoms with Crippen LogP contribution < -0.4 is 15.8 Å². The molecule has 3 N–H and O–H groups in total. The molecule has 1 saturated heterocycles. The van der Waals surface area contributed by atoms with Crippen LogP contribution in [-0.4, -0.2) is 48.1 Å². The standard InChI is InChI=1S/C20H18ClFN4O2S/c21-14-7-13-16(28-6-3-10-9-24-4-5-26(10)19(13)27)8-12(14)11-1-2-15(22)18-17(11)25-20(23)29-18/h1-2,7-8,10,24H,3-6,9H2,(H2,23,25). The summed E-state index contributed by atoms with van der Waals surface area (Å²) in [5, 5.41) is 3.98. The number of benzene rings is 2. The van der Waals surface area contributed by atoms with Crippen LogP contribution in [0.15, 0.2) is 24.3 Å². The number of anilines is 1. The Morgan fingerprint density at radius 1 is 1.31 bits per heavy atom. The molecule has 150 valence electrons. The van der Waals surface area contributed by atoms with Crippen molar-refractivity contribution in [1.29, 1.82) is 0 Å². The van der Waals surface area contributed by atoms with Crippen LogP contribution in [-0.2, 0) is 0 Å². The largest absolute Gasteiger partial charge is 0.493 e. The predicted molar refractivity (Wildman–Crippen MR) is 112 cm³/mol. The van der Waals surface area contributed by atoms with Crippen LogP contribution in [0.5, 0.6) is 5.75 Å². The van der Waals surface area contributed by atoms with Gasteiger partial charge in [-0.2, -0.15) is 0 Å². The molecule has 9 heteroatoms. The molecule has 2 aliphatic heterocycles. The number of nitrogens with one attached hydrogen (secondary N) is 1. The number of piperazine rings is 1. The first kappa shape index (κ1) is 18.6. The normalized spacial score (nSPS) is 19.3. The van der Waals surface area contributed by atoms with Gasteiger partial charge >= 0.3 is 0 Å². The zero-order chi connectivity index (χ0) is 20.1. The van der Waals surface area contributed by atoms with Crippen molar-refractivity contribution in [1.82, 2.24) is 15.2 Å². The van der Waals surface area contributed by atoms with E-state index in [9.17, 15) is 9.18 Å². The smallest absolute Gasteiger partial charge is 0.258 e. The van der Waals surface area contributed by atoms with Crippen molar-refractivity contribution in [3.63, 3.8) is 0 Å². The molecule has 1 atom stereocenters. The van der Waals surface area contributed by atoms with Crippen molar-refractivity contribution in [2.75, 3.05) is 32.0 Å². The molecule has 1 fully saturated rings. The number of fused-ring (bicyclic) bond motifs is 3. The van der Waals surface area contributed by atoms with Crippen LogP contribution in [0.2, 0.25) is 5.02 Å². The van der Waals surface area contributed by atoms with E-state index in [2.05, 4.69) is 10.3 Å². The number of carbonyl (C=O) groups excluding carboxylic acids is 1. The summed E-state index contributed by atoms with van der Waals surface area (Å²) in [6.45, 7) is 2.67. The lowest BCUT2D eigenvalue weighted by Gasteiger charge is -2.38. The minimum Gasteiger partial charge on any atom is -0.493 e. The Kier molecular flexibility index (Phi) is 4.57.